The molecule has 1 unspecified atom stereocenters. The van der Waals surface area contributed by atoms with Gasteiger partial charge in [-0.25, -0.2) is 4.79 Å². The number of fused-ring (bicyclic) bond motifs is 1. The molecule has 1 heterocycles. The van der Waals surface area contributed by atoms with E-state index in [1.807, 2.05) is 67.6 Å². The molecule has 118 valence electrons. The molecule has 1 aliphatic heterocycles. The average molecular weight is 309 g/mol. The van der Waals surface area contributed by atoms with Crippen LogP contribution in [0, 0.1) is 0 Å². The molecular weight excluding hydrogens is 290 g/mol. The maximum Gasteiger partial charge on any atom is 0.415 e. The minimum atomic E-state index is -0.342. The second kappa shape index (κ2) is 6.57. The van der Waals surface area contributed by atoms with Crippen LogP contribution < -0.4 is 9.64 Å². The Bertz CT molecular complexity index is 722. The van der Waals surface area contributed by atoms with Crippen molar-refractivity contribution in [2.45, 2.75) is 13.0 Å². The third kappa shape index (κ3) is 2.93. The van der Waals surface area contributed by atoms with E-state index < -0.39 is 0 Å². The van der Waals surface area contributed by atoms with Crippen molar-refractivity contribution < 1.29 is 14.3 Å². The second-order valence-electron chi connectivity index (χ2n) is 5.20. The molecule has 0 saturated heterocycles. The van der Waals surface area contributed by atoms with Crippen molar-refractivity contribution in [3.63, 3.8) is 0 Å². The van der Waals surface area contributed by atoms with Gasteiger partial charge in [0.1, 0.15) is 5.75 Å². The first-order chi connectivity index (χ1) is 11.2. The topological polar surface area (TPSA) is 38.8 Å². The van der Waals surface area contributed by atoms with Gasteiger partial charge >= 0.3 is 6.09 Å². The van der Waals surface area contributed by atoms with Crippen LogP contribution in [0.4, 0.5) is 10.5 Å². The molecule has 0 N–H and O–H groups in total. The van der Waals surface area contributed by atoms with Crippen LogP contribution in [-0.2, 0) is 4.74 Å². The number of para-hydroxylation sites is 1. The lowest BCUT2D eigenvalue weighted by Gasteiger charge is -2.33. The lowest BCUT2D eigenvalue weighted by atomic mass is 9.98. The first-order valence-electron chi connectivity index (χ1n) is 7.61. The van der Waals surface area contributed by atoms with Crippen LogP contribution >= 0.6 is 0 Å². The number of benzene rings is 2. The molecule has 0 spiro atoms. The third-order valence-electron chi connectivity index (χ3n) is 3.85. The molecule has 23 heavy (non-hydrogen) atoms. The first kappa shape index (κ1) is 15.2. The number of amides is 1. The Morgan fingerprint density at radius 1 is 1.13 bits per heavy atom. The molecule has 4 nitrogen and oxygen atoms in total. The molecule has 0 saturated carbocycles. The fourth-order valence-electron chi connectivity index (χ4n) is 2.74. The molecule has 3 rings (SSSR count). The quantitative estimate of drug-likeness (QED) is 0.842. The molecule has 2 aromatic carbocycles. The Morgan fingerprint density at radius 2 is 1.87 bits per heavy atom. The molecule has 0 radical (unpaired) electrons. The van der Waals surface area contributed by atoms with E-state index in [1.165, 1.54) is 0 Å². The van der Waals surface area contributed by atoms with E-state index in [0.29, 0.717) is 6.61 Å². The van der Waals surface area contributed by atoms with Crippen molar-refractivity contribution in [1.82, 2.24) is 0 Å². The number of hydrogen-bond donors (Lipinski definition) is 0. The van der Waals surface area contributed by atoms with Gasteiger partial charge in [0.2, 0.25) is 0 Å². The van der Waals surface area contributed by atoms with Gasteiger partial charge in [-0.3, -0.25) is 4.90 Å². The van der Waals surface area contributed by atoms with Crippen molar-refractivity contribution in [1.29, 1.82) is 0 Å². The average Bonchev–Trinajstić information content (AvgIpc) is 2.61. The van der Waals surface area contributed by atoms with Crippen LogP contribution in [0.2, 0.25) is 0 Å². The highest BCUT2D eigenvalue weighted by atomic mass is 16.6. The molecular formula is C19H19NO3. The van der Waals surface area contributed by atoms with E-state index in [-0.39, 0.29) is 12.1 Å². The minimum absolute atomic E-state index is 0.199. The highest BCUT2D eigenvalue weighted by Gasteiger charge is 2.30. The van der Waals surface area contributed by atoms with Gasteiger partial charge in [0.15, 0.2) is 0 Å². The van der Waals surface area contributed by atoms with Gasteiger partial charge in [-0.2, -0.15) is 0 Å². The van der Waals surface area contributed by atoms with E-state index in [2.05, 4.69) is 0 Å². The van der Waals surface area contributed by atoms with Crippen LogP contribution in [0.5, 0.6) is 5.75 Å². The Kier molecular flexibility index (Phi) is 4.33. The van der Waals surface area contributed by atoms with Crippen LogP contribution in [0.15, 0.2) is 54.6 Å². The van der Waals surface area contributed by atoms with Crippen LogP contribution in [0.3, 0.4) is 0 Å². The van der Waals surface area contributed by atoms with Crippen LogP contribution in [0.1, 0.15) is 24.1 Å². The standard InChI is InChI=1S/C19H19NO3/c1-3-23-19(21)20-17-7-5-4-6-14(17)10-13-18(20)15-8-11-16(22-2)12-9-15/h4-13,18H,3H2,1-2H3. The monoisotopic (exact) mass is 309 g/mol. The van der Waals surface area contributed by atoms with Gasteiger partial charge in [0, 0.05) is 0 Å². The van der Waals surface area contributed by atoms with Crippen LogP contribution in [0.25, 0.3) is 6.08 Å². The highest BCUT2D eigenvalue weighted by molar-refractivity contribution is 5.93. The van der Waals surface area contributed by atoms with Gasteiger partial charge in [-0.05, 0) is 36.2 Å². The lowest BCUT2D eigenvalue weighted by Crippen LogP contribution is -2.36. The van der Waals surface area contributed by atoms with Crippen molar-refractivity contribution in [3.8, 4) is 5.75 Å². The van der Waals surface area contributed by atoms with Gasteiger partial charge in [0.05, 0.1) is 25.4 Å². The Hall–Kier alpha value is -2.75. The van der Waals surface area contributed by atoms with E-state index in [9.17, 15) is 4.79 Å². The van der Waals surface area contributed by atoms with Crippen molar-refractivity contribution in [3.05, 3.63) is 65.7 Å². The molecule has 1 amide bonds. The van der Waals surface area contributed by atoms with Crippen LogP contribution in [-0.4, -0.2) is 19.8 Å². The third-order valence-corrected chi connectivity index (χ3v) is 3.85. The summed E-state index contributed by atoms with van der Waals surface area (Å²) in [5, 5.41) is 0. The summed E-state index contributed by atoms with van der Waals surface area (Å²) in [6.07, 6.45) is 3.71. The fourth-order valence-corrected chi connectivity index (χ4v) is 2.74. The second-order valence-corrected chi connectivity index (χ2v) is 5.20. The molecule has 1 aliphatic rings. The Labute approximate surface area is 135 Å². The zero-order chi connectivity index (χ0) is 16.2. The zero-order valence-electron chi connectivity index (χ0n) is 13.2. The van der Waals surface area contributed by atoms with Gasteiger partial charge in [-0.1, -0.05) is 42.5 Å². The number of hydrogen-bond acceptors (Lipinski definition) is 3. The van der Waals surface area contributed by atoms with E-state index in [1.54, 1.807) is 12.0 Å². The predicted molar refractivity (Wildman–Crippen MR) is 90.7 cm³/mol. The molecule has 0 bridgehead atoms. The summed E-state index contributed by atoms with van der Waals surface area (Å²) in [7, 11) is 1.64. The largest absolute Gasteiger partial charge is 0.497 e. The number of ether oxygens (including phenoxy) is 2. The van der Waals surface area contributed by atoms with Crippen molar-refractivity contribution in [2.75, 3.05) is 18.6 Å². The molecule has 0 aromatic heterocycles. The number of anilines is 1. The number of methoxy groups -OCH3 is 1. The van der Waals surface area contributed by atoms with Gasteiger partial charge in [-0.15, -0.1) is 0 Å². The molecule has 4 heteroatoms. The molecule has 1 atom stereocenters. The summed E-state index contributed by atoms with van der Waals surface area (Å²) < 4.78 is 10.5. The molecule has 0 aliphatic carbocycles. The summed E-state index contributed by atoms with van der Waals surface area (Å²) in [5.41, 5.74) is 2.86. The SMILES string of the molecule is CCOC(=O)N1c2ccccc2C=CC1c1ccc(OC)cc1. The molecule has 0 fully saturated rings. The van der Waals surface area contributed by atoms with Gasteiger partial charge in [0.25, 0.3) is 0 Å². The maximum atomic E-state index is 12.5. The number of nitrogens with zero attached hydrogens (tertiary/aromatic N) is 1. The van der Waals surface area contributed by atoms with Gasteiger partial charge < -0.3 is 9.47 Å². The summed E-state index contributed by atoms with van der Waals surface area (Å²) in [4.78, 5) is 14.2. The normalized spacial score (nSPS) is 15.9. The van der Waals surface area contributed by atoms with E-state index >= 15 is 0 Å². The lowest BCUT2D eigenvalue weighted by molar-refractivity contribution is 0.158. The van der Waals surface area contributed by atoms with E-state index in [0.717, 1.165) is 22.6 Å². The number of carbonyl (C=O) groups is 1. The predicted octanol–water partition coefficient (Wildman–Crippen LogP) is 4.43. The molecule has 2 aromatic rings. The number of rotatable bonds is 3. The Balaban J connectivity index is 2.02. The minimum Gasteiger partial charge on any atom is -0.497 e. The van der Waals surface area contributed by atoms with Crippen molar-refractivity contribution >= 4 is 17.9 Å². The first-order valence-corrected chi connectivity index (χ1v) is 7.61. The smallest absolute Gasteiger partial charge is 0.415 e. The summed E-state index contributed by atoms with van der Waals surface area (Å²) >= 11 is 0. The summed E-state index contributed by atoms with van der Waals surface area (Å²) in [5.74, 6) is 0.789. The van der Waals surface area contributed by atoms with E-state index in [4.69, 9.17) is 9.47 Å². The zero-order valence-corrected chi connectivity index (χ0v) is 13.2. The fraction of sp³-hybridized carbons (Fsp3) is 0.211. The highest BCUT2D eigenvalue weighted by Crippen LogP contribution is 2.37. The maximum absolute atomic E-state index is 12.5. The summed E-state index contributed by atoms with van der Waals surface area (Å²) in [6.45, 7) is 2.16. The number of carbonyl (C=O) groups excluding carboxylic acids is 1. The summed E-state index contributed by atoms with van der Waals surface area (Å²) in [6, 6.07) is 15.3. The van der Waals surface area contributed by atoms with Crippen molar-refractivity contribution in [2.24, 2.45) is 0 Å². The Morgan fingerprint density at radius 3 is 2.57 bits per heavy atom.